The number of hydrogen-bond acceptors (Lipinski definition) is 7. The maximum atomic E-state index is 11.5. The molecular weight excluding hydrogens is 332 g/mol. The van der Waals surface area contributed by atoms with Crippen LogP contribution in [0.3, 0.4) is 0 Å². The number of benzene rings is 1. The zero-order valence-electron chi connectivity index (χ0n) is 12.5. The Kier molecular flexibility index (Phi) is 3.39. The molecule has 3 heterocycles. The third-order valence-electron chi connectivity index (χ3n) is 3.91. The van der Waals surface area contributed by atoms with Crippen molar-refractivity contribution in [3.8, 4) is 11.6 Å². The maximum Gasteiger partial charge on any atom is 0.246 e. The number of aromatic nitrogens is 2. The van der Waals surface area contributed by atoms with Crippen LogP contribution in [0, 0.1) is 0 Å². The smallest absolute Gasteiger partial charge is 0.246 e. The van der Waals surface area contributed by atoms with E-state index < -0.39 is 10.0 Å². The second-order valence-electron chi connectivity index (χ2n) is 5.50. The first kappa shape index (κ1) is 14.9. The van der Waals surface area contributed by atoms with Crippen molar-refractivity contribution in [1.29, 1.82) is 0 Å². The van der Waals surface area contributed by atoms with Crippen molar-refractivity contribution in [2.75, 3.05) is 11.4 Å². The summed E-state index contributed by atoms with van der Waals surface area (Å²) in [6.45, 7) is 1.12. The lowest BCUT2D eigenvalue weighted by Crippen LogP contribution is -2.20. The van der Waals surface area contributed by atoms with Crippen molar-refractivity contribution in [3.05, 3.63) is 48.0 Å². The molecule has 3 aromatic rings. The molecule has 0 saturated carbocycles. The largest absolute Gasteiger partial charge is 0.461 e. The van der Waals surface area contributed by atoms with Crippen LogP contribution in [-0.2, 0) is 23.0 Å². The third-order valence-corrected chi connectivity index (χ3v) is 4.82. The fourth-order valence-electron chi connectivity index (χ4n) is 2.75. The summed E-state index contributed by atoms with van der Waals surface area (Å²) in [5, 5.41) is 9.10. The van der Waals surface area contributed by atoms with Gasteiger partial charge >= 0.3 is 0 Å². The summed E-state index contributed by atoms with van der Waals surface area (Å²) in [4.78, 5) is 6.39. The van der Waals surface area contributed by atoms with E-state index >= 15 is 0 Å². The van der Waals surface area contributed by atoms with E-state index in [1.807, 2.05) is 4.90 Å². The van der Waals surface area contributed by atoms with Crippen LogP contribution in [0.25, 0.3) is 11.6 Å². The number of nitrogens with zero attached hydrogens (tertiary/aromatic N) is 3. The van der Waals surface area contributed by atoms with Gasteiger partial charge in [-0.3, -0.25) is 0 Å². The van der Waals surface area contributed by atoms with Gasteiger partial charge in [0.05, 0.1) is 17.7 Å². The molecule has 4 rings (SSSR count). The van der Waals surface area contributed by atoms with Crippen molar-refractivity contribution < 1.29 is 17.4 Å². The molecule has 1 aromatic carbocycles. The fraction of sp³-hybridized carbons (Fsp3) is 0.200. The summed E-state index contributed by atoms with van der Waals surface area (Å²) in [7, 11) is -3.74. The van der Waals surface area contributed by atoms with Crippen molar-refractivity contribution >= 4 is 15.7 Å². The molecule has 124 valence electrons. The molecule has 2 aromatic heterocycles. The number of anilines is 1. The Morgan fingerprint density at radius 2 is 2.17 bits per heavy atom. The highest BCUT2D eigenvalue weighted by Gasteiger charge is 2.23. The van der Waals surface area contributed by atoms with Crippen LogP contribution in [0.1, 0.15) is 11.5 Å². The van der Waals surface area contributed by atoms with Crippen LogP contribution in [0.5, 0.6) is 0 Å². The molecule has 0 fully saturated rings. The summed E-state index contributed by atoms with van der Waals surface area (Å²) >= 11 is 0. The molecule has 0 amide bonds. The lowest BCUT2D eigenvalue weighted by atomic mass is 10.2. The summed E-state index contributed by atoms with van der Waals surface area (Å²) in [6, 6.07) is 8.40. The fourth-order valence-corrected chi connectivity index (χ4v) is 3.29. The van der Waals surface area contributed by atoms with E-state index in [0.717, 1.165) is 24.2 Å². The number of fused-ring (bicyclic) bond motifs is 1. The predicted octanol–water partition coefficient (Wildman–Crippen LogP) is 1.54. The minimum atomic E-state index is -3.74. The monoisotopic (exact) mass is 346 g/mol. The van der Waals surface area contributed by atoms with E-state index in [0.29, 0.717) is 24.0 Å². The maximum absolute atomic E-state index is 11.5. The Morgan fingerprint density at radius 1 is 1.29 bits per heavy atom. The number of hydrogen-bond donors (Lipinski definition) is 1. The Morgan fingerprint density at radius 3 is 2.92 bits per heavy atom. The summed E-state index contributed by atoms with van der Waals surface area (Å²) in [5.41, 5.74) is 1.88. The highest BCUT2D eigenvalue weighted by Crippen LogP contribution is 2.31. The Bertz CT molecular complexity index is 979. The minimum absolute atomic E-state index is 0.0925. The number of furan rings is 1. The quantitative estimate of drug-likeness (QED) is 0.761. The molecule has 24 heavy (non-hydrogen) atoms. The minimum Gasteiger partial charge on any atom is -0.461 e. The lowest BCUT2D eigenvalue weighted by molar-refractivity contribution is 0.376. The number of sulfonamides is 1. The van der Waals surface area contributed by atoms with Gasteiger partial charge in [0.2, 0.25) is 21.7 Å². The van der Waals surface area contributed by atoms with E-state index in [1.54, 1.807) is 24.3 Å². The van der Waals surface area contributed by atoms with Gasteiger partial charge in [-0.2, -0.15) is 4.98 Å². The average molecular weight is 346 g/mol. The second-order valence-corrected chi connectivity index (χ2v) is 7.06. The molecule has 0 atom stereocenters. The molecule has 0 saturated heterocycles. The summed E-state index contributed by atoms with van der Waals surface area (Å²) in [5.74, 6) is 1.34. The number of rotatable bonds is 4. The Labute approximate surface area is 137 Å². The van der Waals surface area contributed by atoms with Crippen LogP contribution < -0.4 is 10.0 Å². The molecule has 0 unspecified atom stereocenters. The van der Waals surface area contributed by atoms with Crippen LogP contribution in [0.4, 0.5) is 5.69 Å². The molecule has 8 nitrogen and oxygen atoms in total. The van der Waals surface area contributed by atoms with Gasteiger partial charge in [0.1, 0.15) is 0 Å². The van der Waals surface area contributed by atoms with Gasteiger partial charge in [-0.1, -0.05) is 11.2 Å². The molecule has 1 aliphatic heterocycles. The van der Waals surface area contributed by atoms with Gasteiger partial charge in [0.15, 0.2) is 5.76 Å². The Hall–Kier alpha value is -2.65. The molecule has 9 heteroatoms. The molecule has 1 aliphatic rings. The molecule has 0 bridgehead atoms. The van der Waals surface area contributed by atoms with Gasteiger partial charge in [-0.05, 0) is 36.2 Å². The summed E-state index contributed by atoms with van der Waals surface area (Å²) < 4.78 is 33.6. The van der Waals surface area contributed by atoms with Gasteiger partial charge in [-0.15, -0.1) is 0 Å². The van der Waals surface area contributed by atoms with Gasteiger partial charge in [-0.25, -0.2) is 13.6 Å². The van der Waals surface area contributed by atoms with Crippen molar-refractivity contribution in [2.24, 2.45) is 5.14 Å². The van der Waals surface area contributed by atoms with Crippen molar-refractivity contribution in [3.63, 3.8) is 0 Å². The average Bonchev–Trinajstić information content (AvgIpc) is 3.26. The molecule has 0 spiro atoms. The van der Waals surface area contributed by atoms with Crippen LogP contribution in [-0.4, -0.2) is 25.1 Å². The lowest BCUT2D eigenvalue weighted by Gasteiger charge is -2.17. The van der Waals surface area contributed by atoms with Crippen LogP contribution in [0.2, 0.25) is 0 Å². The molecular formula is C15H14N4O4S. The standard InChI is InChI=1S/C15H14N4O4S/c16-24(20,21)11-4-3-10-5-6-19(12(10)8-11)9-14-17-15(18-23-14)13-2-1-7-22-13/h1-4,7-8H,5-6,9H2,(H2,16,20,21). The van der Waals surface area contributed by atoms with Gasteiger partial charge in [0.25, 0.3) is 0 Å². The topological polar surface area (TPSA) is 115 Å². The van der Waals surface area contributed by atoms with E-state index in [1.165, 1.54) is 12.3 Å². The number of primary sulfonamides is 1. The molecule has 2 N–H and O–H groups in total. The zero-order chi connectivity index (χ0) is 16.7. The first-order valence-electron chi connectivity index (χ1n) is 7.28. The van der Waals surface area contributed by atoms with E-state index in [4.69, 9.17) is 14.1 Å². The third kappa shape index (κ3) is 2.68. The highest BCUT2D eigenvalue weighted by atomic mass is 32.2. The zero-order valence-corrected chi connectivity index (χ0v) is 13.4. The molecule has 0 aliphatic carbocycles. The Balaban J connectivity index is 1.60. The predicted molar refractivity (Wildman–Crippen MR) is 84.6 cm³/mol. The van der Waals surface area contributed by atoms with Gasteiger partial charge in [0, 0.05) is 12.2 Å². The first-order valence-corrected chi connectivity index (χ1v) is 8.82. The van der Waals surface area contributed by atoms with E-state index in [-0.39, 0.29) is 4.90 Å². The highest BCUT2D eigenvalue weighted by molar-refractivity contribution is 7.89. The van der Waals surface area contributed by atoms with E-state index in [9.17, 15) is 8.42 Å². The summed E-state index contributed by atoms with van der Waals surface area (Å²) in [6.07, 6.45) is 2.36. The van der Waals surface area contributed by atoms with Crippen LogP contribution >= 0.6 is 0 Å². The van der Waals surface area contributed by atoms with Crippen LogP contribution in [0.15, 0.2) is 50.4 Å². The first-order chi connectivity index (χ1) is 11.5. The van der Waals surface area contributed by atoms with Gasteiger partial charge < -0.3 is 13.8 Å². The van der Waals surface area contributed by atoms with E-state index in [2.05, 4.69) is 10.1 Å². The SMILES string of the molecule is NS(=O)(=O)c1ccc2c(c1)N(Cc1nc(-c3ccco3)no1)CC2. The molecule has 0 radical (unpaired) electrons. The van der Waals surface area contributed by atoms with Crippen molar-refractivity contribution in [2.45, 2.75) is 17.9 Å². The number of nitrogens with two attached hydrogens (primary N) is 1. The normalized spacial score (nSPS) is 14.1. The second kappa shape index (κ2) is 5.46. The van der Waals surface area contributed by atoms with Crippen molar-refractivity contribution in [1.82, 2.24) is 10.1 Å².